The van der Waals surface area contributed by atoms with Crippen molar-refractivity contribution in [3.05, 3.63) is 65.7 Å². The van der Waals surface area contributed by atoms with Crippen LogP contribution >= 0.6 is 11.8 Å². The molecule has 128 valence electrons. The molecule has 0 saturated carbocycles. The molecule has 4 heteroatoms. The molecule has 3 rings (SSSR count). The Labute approximate surface area is 152 Å². The van der Waals surface area contributed by atoms with Crippen LogP contribution in [0.2, 0.25) is 0 Å². The second-order valence-corrected chi connectivity index (χ2v) is 7.37. The molecule has 0 aliphatic heterocycles. The fourth-order valence-corrected chi connectivity index (χ4v) is 3.61. The summed E-state index contributed by atoms with van der Waals surface area (Å²) < 4.78 is 0. The highest BCUT2D eigenvalue weighted by molar-refractivity contribution is 7.99. The van der Waals surface area contributed by atoms with E-state index < -0.39 is 0 Å². The van der Waals surface area contributed by atoms with Crippen LogP contribution in [0, 0.1) is 6.92 Å². The Kier molecular flexibility index (Phi) is 5.39. The van der Waals surface area contributed by atoms with Crippen LogP contribution < -0.4 is 5.32 Å². The van der Waals surface area contributed by atoms with Crippen LogP contribution in [0.5, 0.6) is 0 Å². The second-order valence-electron chi connectivity index (χ2n) is 6.37. The number of nitrogens with zero attached hydrogens (tertiary/aromatic N) is 1. The van der Waals surface area contributed by atoms with Crippen molar-refractivity contribution in [1.29, 1.82) is 0 Å². The van der Waals surface area contributed by atoms with Gasteiger partial charge in [0.2, 0.25) is 5.91 Å². The van der Waals surface area contributed by atoms with E-state index in [-0.39, 0.29) is 5.91 Å². The van der Waals surface area contributed by atoms with Crippen molar-refractivity contribution in [2.75, 3.05) is 11.1 Å². The molecule has 0 aliphatic carbocycles. The number of para-hydroxylation sites is 2. The first-order valence-corrected chi connectivity index (χ1v) is 9.41. The van der Waals surface area contributed by atoms with Gasteiger partial charge in [-0.15, -0.1) is 0 Å². The smallest absolute Gasteiger partial charge is 0.234 e. The minimum absolute atomic E-state index is 0.00860. The number of nitrogens with one attached hydrogen (secondary N) is 1. The predicted octanol–water partition coefficient (Wildman–Crippen LogP) is 5.40. The standard InChI is InChI=1S/C21H22N2OS/c1-14(2)16-8-4-6-10-18(16)22-20(24)13-25-21-12-15(3)17-9-5-7-11-19(17)23-21/h4-12,14H,13H2,1-3H3,(H,22,24). The molecular weight excluding hydrogens is 328 g/mol. The zero-order valence-corrected chi connectivity index (χ0v) is 15.6. The van der Waals surface area contributed by atoms with Crippen LogP contribution in [0.15, 0.2) is 59.6 Å². The van der Waals surface area contributed by atoms with Gasteiger partial charge in [0.15, 0.2) is 0 Å². The first-order chi connectivity index (χ1) is 12.0. The number of amides is 1. The Hall–Kier alpha value is -2.33. The summed E-state index contributed by atoms with van der Waals surface area (Å²) in [7, 11) is 0. The molecule has 0 fully saturated rings. The number of thioether (sulfide) groups is 1. The number of benzene rings is 2. The van der Waals surface area contributed by atoms with Crippen LogP contribution in [-0.2, 0) is 4.79 Å². The highest BCUT2D eigenvalue weighted by atomic mass is 32.2. The van der Waals surface area contributed by atoms with E-state index in [0.29, 0.717) is 11.7 Å². The van der Waals surface area contributed by atoms with Gasteiger partial charge in [-0.3, -0.25) is 4.79 Å². The molecule has 0 saturated heterocycles. The summed E-state index contributed by atoms with van der Waals surface area (Å²) in [6.45, 7) is 6.33. The van der Waals surface area contributed by atoms with E-state index in [4.69, 9.17) is 0 Å². The van der Waals surface area contributed by atoms with Gasteiger partial charge in [-0.05, 0) is 42.2 Å². The lowest BCUT2D eigenvalue weighted by Crippen LogP contribution is -2.15. The topological polar surface area (TPSA) is 42.0 Å². The van der Waals surface area contributed by atoms with Gasteiger partial charge in [-0.1, -0.05) is 62.0 Å². The molecule has 0 atom stereocenters. The summed E-state index contributed by atoms with van der Waals surface area (Å²) >= 11 is 1.47. The number of aromatic nitrogens is 1. The van der Waals surface area contributed by atoms with Crippen molar-refractivity contribution in [2.45, 2.75) is 31.7 Å². The Morgan fingerprint density at radius 2 is 1.84 bits per heavy atom. The molecule has 0 aliphatic rings. The molecule has 0 unspecified atom stereocenters. The average Bonchev–Trinajstić information content (AvgIpc) is 2.60. The largest absolute Gasteiger partial charge is 0.325 e. The van der Waals surface area contributed by atoms with E-state index in [2.05, 4.69) is 43.2 Å². The van der Waals surface area contributed by atoms with Crippen molar-refractivity contribution >= 4 is 34.3 Å². The van der Waals surface area contributed by atoms with Crippen LogP contribution in [0.1, 0.15) is 30.9 Å². The minimum Gasteiger partial charge on any atom is -0.325 e. The molecule has 1 amide bonds. The molecule has 25 heavy (non-hydrogen) atoms. The van der Waals surface area contributed by atoms with Crippen molar-refractivity contribution in [3.8, 4) is 0 Å². The van der Waals surface area contributed by atoms with E-state index in [0.717, 1.165) is 27.2 Å². The fourth-order valence-electron chi connectivity index (χ4n) is 2.83. The Bertz CT molecular complexity index is 905. The normalized spacial score (nSPS) is 11.0. The van der Waals surface area contributed by atoms with Gasteiger partial charge in [-0.25, -0.2) is 4.98 Å². The molecule has 0 radical (unpaired) electrons. The molecule has 1 heterocycles. The van der Waals surface area contributed by atoms with Crippen molar-refractivity contribution < 1.29 is 4.79 Å². The van der Waals surface area contributed by atoms with Crippen LogP contribution in [0.4, 0.5) is 5.69 Å². The van der Waals surface area contributed by atoms with Crippen LogP contribution in [0.25, 0.3) is 10.9 Å². The van der Waals surface area contributed by atoms with E-state index in [1.165, 1.54) is 17.3 Å². The van der Waals surface area contributed by atoms with Gasteiger partial charge in [0.25, 0.3) is 0 Å². The number of aryl methyl sites for hydroxylation is 1. The van der Waals surface area contributed by atoms with Gasteiger partial charge < -0.3 is 5.32 Å². The Balaban J connectivity index is 1.69. The van der Waals surface area contributed by atoms with Gasteiger partial charge in [0, 0.05) is 11.1 Å². The summed E-state index contributed by atoms with van der Waals surface area (Å²) in [6.07, 6.45) is 0. The number of pyridine rings is 1. The minimum atomic E-state index is -0.00860. The highest BCUT2D eigenvalue weighted by Gasteiger charge is 2.10. The maximum Gasteiger partial charge on any atom is 0.234 e. The van der Waals surface area contributed by atoms with E-state index in [9.17, 15) is 4.79 Å². The molecule has 1 N–H and O–H groups in total. The first kappa shape index (κ1) is 17.5. The van der Waals surface area contributed by atoms with E-state index >= 15 is 0 Å². The molecule has 1 aromatic heterocycles. The van der Waals surface area contributed by atoms with E-state index in [1.54, 1.807) is 0 Å². The molecule has 0 spiro atoms. The maximum absolute atomic E-state index is 12.3. The van der Waals surface area contributed by atoms with Crippen molar-refractivity contribution in [1.82, 2.24) is 4.98 Å². The Morgan fingerprint density at radius 1 is 1.12 bits per heavy atom. The SMILES string of the molecule is Cc1cc(SCC(=O)Nc2ccccc2C(C)C)nc2ccccc12. The average molecular weight is 350 g/mol. The number of anilines is 1. The fraction of sp³-hybridized carbons (Fsp3) is 0.238. The van der Waals surface area contributed by atoms with Crippen molar-refractivity contribution in [3.63, 3.8) is 0 Å². The Morgan fingerprint density at radius 3 is 2.64 bits per heavy atom. The van der Waals surface area contributed by atoms with E-state index in [1.807, 2.05) is 42.5 Å². The van der Waals surface area contributed by atoms with Crippen LogP contribution in [-0.4, -0.2) is 16.6 Å². The number of hydrogen-bond donors (Lipinski definition) is 1. The van der Waals surface area contributed by atoms with Gasteiger partial charge in [0.1, 0.15) is 0 Å². The lowest BCUT2D eigenvalue weighted by Gasteiger charge is -2.13. The zero-order chi connectivity index (χ0) is 17.8. The summed E-state index contributed by atoms with van der Waals surface area (Å²) in [6, 6.07) is 18.1. The van der Waals surface area contributed by atoms with Gasteiger partial charge >= 0.3 is 0 Å². The quantitative estimate of drug-likeness (QED) is 0.627. The number of fused-ring (bicyclic) bond motifs is 1. The molecular formula is C21H22N2OS. The number of rotatable bonds is 5. The summed E-state index contributed by atoms with van der Waals surface area (Å²) in [5, 5.41) is 5.06. The summed E-state index contributed by atoms with van der Waals surface area (Å²) in [5.41, 5.74) is 4.19. The third kappa shape index (κ3) is 4.20. The molecule has 0 bridgehead atoms. The monoisotopic (exact) mass is 350 g/mol. The molecule has 2 aromatic carbocycles. The third-order valence-electron chi connectivity index (χ3n) is 4.11. The number of hydrogen-bond acceptors (Lipinski definition) is 3. The lowest BCUT2D eigenvalue weighted by atomic mass is 10.0. The second kappa shape index (κ2) is 7.70. The summed E-state index contributed by atoms with van der Waals surface area (Å²) in [4.78, 5) is 17.0. The highest BCUT2D eigenvalue weighted by Crippen LogP contribution is 2.26. The van der Waals surface area contributed by atoms with Crippen LogP contribution in [0.3, 0.4) is 0 Å². The summed E-state index contributed by atoms with van der Waals surface area (Å²) in [5.74, 6) is 0.705. The van der Waals surface area contributed by atoms with Gasteiger partial charge in [0.05, 0.1) is 16.3 Å². The third-order valence-corrected chi connectivity index (χ3v) is 5.02. The first-order valence-electron chi connectivity index (χ1n) is 8.42. The van der Waals surface area contributed by atoms with Gasteiger partial charge in [-0.2, -0.15) is 0 Å². The van der Waals surface area contributed by atoms with Crippen molar-refractivity contribution in [2.24, 2.45) is 0 Å². The molecule has 3 aromatic rings. The predicted molar refractivity (Wildman–Crippen MR) is 106 cm³/mol. The number of carbonyl (C=O) groups excluding carboxylic acids is 1. The number of carbonyl (C=O) groups is 1. The zero-order valence-electron chi connectivity index (χ0n) is 14.7. The molecule has 3 nitrogen and oxygen atoms in total. The maximum atomic E-state index is 12.3. The lowest BCUT2D eigenvalue weighted by molar-refractivity contribution is -0.113.